The number of halogens is 2. The molecule has 0 saturated carbocycles. The van der Waals surface area contributed by atoms with Crippen LogP contribution in [-0.4, -0.2) is 64.8 Å². The first kappa shape index (κ1) is 44.7. The minimum absolute atomic E-state index is 0.00421. The number of nitrogens with one attached hydrogen (secondary N) is 4. The summed E-state index contributed by atoms with van der Waals surface area (Å²) in [4.78, 5) is 76.4. The Balaban J connectivity index is 1.46. The van der Waals surface area contributed by atoms with Crippen LogP contribution in [0.1, 0.15) is 81.9 Å². The number of nitrogens with two attached hydrogens (primary N) is 1. The Kier molecular flexibility index (Phi) is 18.6. The van der Waals surface area contributed by atoms with E-state index in [2.05, 4.69) is 21.3 Å². The first-order valence-electron chi connectivity index (χ1n) is 19.0. The molecule has 0 radical (unpaired) electrons. The fraction of sp³-hybridized carbons (Fsp3) is 0.429. The molecule has 0 unspecified atom stereocenters. The van der Waals surface area contributed by atoms with Crippen molar-refractivity contribution in [2.24, 2.45) is 11.7 Å². The van der Waals surface area contributed by atoms with Crippen LogP contribution in [0.2, 0.25) is 0 Å². The van der Waals surface area contributed by atoms with Crippen LogP contribution >= 0.6 is 0 Å². The average Bonchev–Trinajstić information content (AvgIpc) is 3.17. The quantitative estimate of drug-likeness (QED) is 0.0730. The van der Waals surface area contributed by atoms with E-state index in [4.69, 9.17) is 5.73 Å². The zero-order valence-corrected chi connectivity index (χ0v) is 31.9. The van der Waals surface area contributed by atoms with Gasteiger partial charge in [0.1, 0.15) is 24.2 Å². The highest BCUT2D eigenvalue weighted by Crippen LogP contribution is 2.14. The Morgan fingerprint density at radius 2 is 1.11 bits per heavy atom. The molecular formula is C42H53F2N5O7. The van der Waals surface area contributed by atoms with Gasteiger partial charge in [0.15, 0.2) is 11.6 Å². The van der Waals surface area contributed by atoms with Crippen LogP contribution in [0, 0.1) is 17.6 Å². The SMILES string of the molecule is CC[C@@H](C)[C@H](NC(=O)CCCCCCCC(=O)N[C@@H](Cc1ccc(F)c(F)c1)C(=O)N[C@@H](Cc1ccccc1)C(=O)O)C(=O)N[C@@H](Cc1ccccc1)C(N)=O. The molecule has 0 spiro atoms. The van der Waals surface area contributed by atoms with Crippen molar-refractivity contribution in [2.75, 3.05) is 0 Å². The standard InChI is InChI=1S/C42H53F2N5O7/c1-3-27(2)38(41(54)47-33(39(45)52)24-28-15-9-7-10-16-28)49-37(51)20-14-6-4-5-13-19-36(50)46-34(26-30-21-22-31(43)32(44)23-30)40(53)48-35(42(55)56)25-29-17-11-8-12-18-29/h7-12,15-18,21-23,27,33-35,38H,3-6,13-14,19-20,24-26H2,1-2H3,(H2,45,52)(H,46,50)(H,47,54)(H,48,53)(H,49,51)(H,55,56)/t27-,33+,34+,35+,38+/m1/s1. The smallest absolute Gasteiger partial charge is 0.326 e. The van der Waals surface area contributed by atoms with Gasteiger partial charge >= 0.3 is 5.97 Å². The number of carboxylic acid groups (broad SMARTS) is 1. The second-order valence-electron chi connectivity index (χ2n) is 14.0. The lowest BCUT2D eigenvalue weighted by Crippen LogP contribution is -2.55. The molecule has 7 N–H and O–H groups in total. The first-order chi connectivity index (χ1) is 26.8. The second kappa shape index (κ2) is 23.3. The van der Waals surface area contributed by atoms with Crippen molar-refractivity contribution >= 4 is 35.5 Å². The van der Waals surface area contributed by atoms with Gasteiger partial charge in [0.05, 0.1) is 0 Å². The Hall–Kier alpha value is -5.66. The van der Waals surface area contributed by atoms with Crippen molar-refractivity contribution in [2.45, 2.75) is 109 Å². The molecule has 56 heavy (non-hydrogen) atoms. The van der Waals surface area contributed by atoms with Crippen LogP contribution in [0.25, 0.3) is 0 Å². The van der Waals surface area contributed by atoms with Gasteiger partial charge in [0.25, 0.3) is 0 Å². The highest BCUT2D eigenvalue weighted by atomic mass is 19.2. The molecule has 0 aliphatic heterocycles. The minimum atomic E-state index is -1.30. The average molecular weight is 778 g/mol. The molecule has 302 valence electrons. The lowest BCUT2D eigenvalue weighted by Gasteiger charge is -2.26. The molecule has 0 fully saturated rings. The lowest BCUT2D eigenvalue weighted by molar-refractivity contribution is -0.142. The lowest BCUT2D eigenvalue weighted by atomic mass is 9.97. The third kappa shape index (κ3) is 15.6. The topological polar surface area (TPSA) is 197 Å². The number of amides is 5. The number of carboxylic acids is 1. The molecule has 12 nitrogen and oxygen atoms in total. The predicted octanol–water partition coefficient (Wildman–Crippen LogP) is 4.28. The van der Waals surface area contributed by atoms with Crippen LogP contribution in [0.4, 0.5) is 8.78 Å². The predicted molar refractivity (Wildman–Crippen MR) is 207 cm³/mol. The van der Waals surface area contributed by atoms with E-state index in [1.807, 2.05) is 44.2 Å². The molecule has 0 aliphatic rings. The van der Waals surface area contributed by atoms with E-state index in [1.54, 1.807) is 30.3 Å². The number of primary amides is 1. The summed E-state index contributed by atoms with van der Waals surface area (Å²) in [6.45, 7) is 3.74. The summed E-state index contributed by atoms with van der Waals surface area (Å²) in [7, 11) is 0. The minimum Gasteiger partial charge on any atom is -0.480 e. The van der Waals surface area contributed by atoms with Gasteiger partial charge in [-0.05, 0) is 47.6 Å². The van der Waals surface area contributed by atoms with Gasteiger partial charge in [-0.25, -0.2) is 13.6 Å². The number of carbonyl (C=O) groups is 6. The molecule has 3 rings (SSSR count). The molecule has 5 amide bonds. The number of carbonyl (C=O) groups excluding carboxylic acids is 5. The van der Waals surface area contributed by atoms with Crippen molar-refractivity contribution in [3.8, 4) is 0 Å². The van der Waals surface area contributed by atoms with Crippen molar-refractivity contribution in [1.82, 2.24) is 21.3 Å². The largest absolute Gasteiger partial charge is 0.480 e. The van der Waals surface area contributed by atoms with Gasteiger partial charge in [-0.2, -0.15) is 0 Å². The highest BCUT2D eigenvalue weighted by Gasteiger charge is 2.30. The maximum atomic E-state index is 14.0. The van der Waals surface area contributed by atoms with E-state index in [0.29, 0.717) is 44.1 Å². The molecule has 3 aromatic carbocycles. The van der Waals surface area contributed by atoms with Gasteiger partial charge < -0.3 is 32.1 Å². The van der Waals surface area contributed by atoms with Crippen molar-refractivity contribution in [1.29, 1.82) is 0 Å². The maximum absolute atomic E-state index is 14.0. The van der Waals surface area contributed by atoms with Crippen LogP contribution in [0.5, 0.6) is 0 Å². The van der Waals surface area contributed by atoms with Gasteiger partial charge in [-0.3, -0.25) is 24.0 Å². The van der Waals surface area contributed by atoms with Gasteiger partial charge in [0, 0.05) is 32.1 Å². The Bertz CT molecular complexity index is 1760. The normalized spacial score (nSPS) is 13.6. The number of unbranched alkanes of at least 4 members (excludes halogenated alkanes) is 4. The molecule has 0 bridgehead atoms. The Labute approximate surface area is 326 Å². The van der Waals surface area contributed by atoms with E-state index < -0.39 is 65.4 Å². The van der Waals surface area contributed by atoms with E-state index in [1.165, 1.54) is 6.07 Å². The summed E-state index contributed by atoms with van der Waals surface area (Å²) < 4.78 is 27.5. The second-order valence-corrected chi connectivity index (χ2v) is 14.0. The van der Waals surface area contributed by atoms with Crippen LogP contribution in [0.3, 0.4) is 0 Å². The summed E-state index contributed by atoms with van der Waals surface area (Å²) >= 11 is 0. The summed E-state index contributed by atoms with van der Waals surface area (Å²) in [5, 5.41) is 20.4. The summed E-state index contributed by atoms with van der Waals surface area (Å²) in [6.07, 6.45) is 3.87. The van der Waals surface area contributed by atoms with Gasteiger partial charge in [-0.15, -0.1) is 0 Å². The van der Waals surface area contributed by atoms with Crippen molar-refractivity contribution in [3.63, 3.8) is 0 Å². The van der Waals surface area contributed by atoms with E-state index in [0.717, 1.165) is 17.7 Å². The van der Waals surface area contributed by atoms with Crippen LogP contribution in [-0.2, 0) is 48.0 Å². The number of hydrogen-bond acceptors (Lipinski definition) is 6. The number of hydrogen-bond donors (Lipinski definition) is 6. The number of aliphatic carboxylic acids is 1. The third-order valence-corrected chi connectivity index (χ3v) is 9.53. The number of benzene rings is 3. The fourth-order valence-electron chi connectivity index (χ4n) is 6.08. The summed E-state index contributed by atoms with van der Waals surface area (Å²) in [5.74, 6) is -6.38. The molecule has 0 saturated heterocycles. The van der Waals surface area contributed by atoms with E-state index >= 15 is 0 Å². The summed E-state index contributed by atoms with van der Waals surface area (Å²) in [6, 6.07) is 16.6. The van der Waals surface area contributed by atoms with Crippen LogP contribution in [0.15, 0.2) is 78.9 Å². The zero-order chi connectivity index (χ0) is 41.0. The molecule has 0 aliphatic carbocycles. The maximum Gasteiger partial charge on any atom is 0.326 e. The van der Waals surface area contributed by atoms with Crippen molar-refractivity contribution < 1.29 is 42.7 Å². The molecular weight excluding hydrogens is 724 g/mol. The number of rotatable bonds is 24. The Morgan fingerprint density at radius 1 is 0.607 bits per heavy atom. The van der Waals surface area contributed by atoms with Gasteiger partial charge in [-0.1, -0.05) is 106 Å². The molecule has 3 aromatic rings. The van der Waals surface area contributed by atoms with Gasteiger partial charge in [0.2, 0.25) is 29.5 Å². The molecule has 14 heteroatoms. The first-order valence-corrected chi connectivity index (χ1v) is 19.0. The highest BCUT2D eigenvalue weighted by molar-refractivity contribution is 5.92. The monoisotopic (exact) mass is 777 g/mol. The molecule has 0 heterocycles. The molecule has 5 atom stereocenters. The fourth-order valence-corrected chi connectivity index (χ4v) is 6.08. The summed E-state index contributed by atoms with van der Waals surface area (Å²) in [5.41, 5.74) is 7.31. The van der Waals surface area contributed by atoms with Crippen molar-refractivity contribution in [3.05, 3.63) is 107 Å². The zero-order valence-electron chi connectivity index (χ0n) is 31.9. The van der Waals surface area contributed by atoms with Crippen LogP contribution < -0.4 is 27.0 Å². The Morgan fingerprint density at radius 3 is 1.62 bits per heavy atom. The molecule has 0 aromatic heterocycles. The third-order valence-electron chi connectivity index (χ3n) is 9.53. The van der Waals surface area contributed by atoms with E-state index in [9.17, 15) is 42.7 Å². The van der Waals surface area contributed by atoms with E-state index in [-0.39, 0.29) is 49.5 Å².